The van der Waals surface area contributed by atoms with Crippen molar-refractivity contribution >= 4 is 35.4 Å². The van der Waals surface area contributed by atoms with E-state index in [-0.39, 0.29) is 29.4 Å². The molecule has 0 aliphatic carbocycles. The Labute approximate surface area is 140 Å². The van der Waals surface area contributed by atoms with Crippen molar-refractivity contribution in [1.82, 2.24) is 10.2 Å². The summed E-state index contributed by atoms with van der Waals surface area (Å²) < 4.78 is 17.1. The molecule has 4 atom stereocenters. The first-order valence-electron chi connectivity index (χ1n) is 7.02. The number of aliphatic carboxylic acids is 1. The van der Waals surface area contributed by atoms with E-state index in [9.17, 15) is 28.8 Å². The minimum absolute atomic E-state index is 0.0863. The van der Waals surface area contributed by atoms with Crippen molar-refractivity contribution in [3.63, 3.8) is 0 Å². The number of hydrogen-bond donors (Lipinski definition) is 2. The molecule has 1 fully saturated rings. The van der Waals surface area contributed by atoms with Crippen LogP contribution in [0, 0.1) is 5.92 Å². The van der Waals surface area contributed by atoms with Gasteiger partial charge in [0.15, 0.2) is 10.6 Å². The van der Waals surface area contributed by atoms with E-state index in [2.05, 4.69) is 5.32 Å². The summed E-state index contributed by atoms with van der Waals surface area (Å²) in [6, 6.07) is -0.508. The van der Waals surface area contributed by atoms with Crippen LogP contribution in [-0.2, 0) is 35.1 Å². The molecule has 0 radical (unpaired) electrons. The van der Waals surface area contributed by atoms with Crippen LogP contribution in [0.2, 0.25) is 0 Å². The largest absolute Gasteiger partial charge is 0.607 e. The molecule has 2 heterocycles. The van der Waals surface area contributed by atoms with Gasteiger partial charge in [-0.15, -0.1) is 0 Å². The summed E-state index contributed by atoms with van der Waals surface area (Å²) in [6.07, 6.45) is 0.563. The first-order valence-corrected chi connectivity index (χ1v) is 8.23. The molecule has 1 unspecified atom stereocenters. The van der Waals surface area contributed by atoms with E-state index in [0.29, 0.717) is 0 Å². The molecule has 2 aliphatic rings. The minimum atomic E-state index is -1.81. The lowest BCUT2D eigenvalue weighted by molar-refractivity contribution is -0.165. The second-order valence-corrected chi connectivity index (χ2v) is 6.68. The smallest absolute Gasteiger partial charge is 0.357 e. The van der Waals surface area contributed by atoms with Crippen molar-refractivity contribution in [3.8, 4) is 0 Å². The lowest BCUT2D eigenvalue weighted by Crippen LogP contribution is -2.62. The average Bonchev–Trinajstić information content (AvgIpc) is 2.82. The van der Waals surface area contributed by atoms with Crippen molar-refractivity contribution in [2.45, 2.75) is 32.4 Å². The van der Waals surface area contributed by atoms with Crippen LogP contribution in [0.15, 0.2) is 22.2 Å². The Morgan fingerprint density at radius 1 is 1.54 bits per heavy atom. The van der Waals surface area contributed by atoms with Crippen LogP contribution < -0.4 is 5.32 Å². The first kappa shape index (κ1) is 18.0. The number of carboxylic acids is 1. The Morgan fingerprint density at radius 2 is 2.21 bits per heavy atom. The van der Waals surface area contributed by atoms with Gasteiger partial charge in [-0.05, 0) is 6.92 Å². The second kappa shape index (κ2) is 7.05. The fourth-order valence-electron chi connectivity index (χ4n) is 2.86. The Bertz CT molecular complexity index is 645. The van der Waals surface area contributed by atoms with Crippen LogP contribution in [0.5, 0.6) is 0 Å². The minimum Gasteiger partial charge on any atom is -0.607 e. The standard InChI is InChI=1S/C14H16N2O7S/c1-7(23-6-17)11-9-5-10(24(22)4-3-15-8(2)18)12(14(20)21)16(9)13(11)19/h3-4,6-7,9,11H,5H2,1-2H3,(H,15,18)(H,20,21)/t7-,9-,11-,24?/m1/s1. The monoisotopic (exact) mass is 356 g/mol. The maximum Gasteiger partial charge on any atom is 0.357 e. The van der Waals surface area contributed by atoms with Gasteiger partial charge in [0.1, 0.15) is 11.5 Å². The Balaban J connectivity index is 2.21. The van der Waals surface area contributed by atoms with E-state index in [1.54, 1.807) is 6.92 Å². The average molecular weight is 356 g/mol. The van der Waals surface area contributed by atoms with E-state index >= 15 is 0 Å². The van der Waals surface area contributed by atoms with Gasteiger partial charge in [0, 0.05) is 24.5 Å². The maximum atomic E-state index is 12.3. The summed E-state index contributed by atoms with van der Waals surface area (Å²) >= 11 is -1.81. The van der Waals surface area contributed by atoms with Crippen LogP contribution in [0.3, 0.4) is 0 Å². The third-order valence-corrected chi connectivity index (χ3v) is 5.10. The highest BCUT2D eigenvalue weighted by atomic mass is 32.2. The number of nitrogens with one attached hydrogen (secondary N) is 1. The summed E-state index contributed by atoms with van der Waals surface area (Å²) in [4.78, 5) is 46.1. The maximum absolute atomic E-state index is 12.3. The van der Waals surface area contributed by atoms with Crippen LogP contribution in [0.1, 0.15) is 20.3 Å². The normalized spacial score (nSPS) is 25.1. The van der Waals surface area contributed by atoms with Crippen LogP contribution in [-0.4, -0.2) is 51.0 Å². The van der Waals surface area contributed by atoms with Crippen molar-refractivity contribution in [2.24, 2.45) is 5.92 Å². The molecular weight excluding hydrogens is 340 g/mol. The molecule has 9 nitrogen and oxygen atoms in total. The quantitative estimate of drug-likeness (QED) is 0.354. The van der Waals surface area contributed by atoms with E-state index in [0.717, 1.165) is 16.5 Å². The molecule has 0 bridgehead atoms. The molecule has 130 valence electrons. The van der Waals surface area contributed by atoms with Gasteiger partial charge in [0.05, 0.1) is 18.2 Å². The lowest BCUT2D eigenvalue weighted by atomic mass is 9.83. The number of fused-ring (bicyclic) bond motifs is 1. The number of amides is 2. The van der Waals surface area contributed by atoms with Gasteiger partial charge in [0.2, 0.25) is 11.8 Å². The lowest BCUT2D eigenvalue weighted by Gasteiger charge is -2.44. The van der Waals surface area contributed by atoms with E-state index < -0.39 is 41.1 Å². The van der Waals surface area contributed by atoms with Crippen LogP contribution in [0.4, 0.5) is 0 Å². The van der Waals surface area contributed by atoms with Crippen molar-refractivity contribution < 1.29 is 33.6 Å². The molecule has 2 N–H and O–H groups in total. The fraction of sp³-hybridized carbons (Fsp3) is 0.429. The number of nitrogens with zero attached hydrogens (tertiary/aromatic N) is 1. The summed E-state index contributed by atoms with van der Waals surface area (Å²) in [6.45, 7) is 3.05. The van der Waals surface area contributed by atoms with Gasteiger partial charge in [-0.2, -0.15) is 0 Å². The van der Waals surface area contributed by atoms with Crippen LogP contribution >= 0.6 is 0 Å². The SMILES string of the molecule is CC(=O)NC=C[S+]([O-])C1=C(C(=O)O)N2C(=O)[C@H]([C@@H](C)OC=O)[C@H]2C1. The number of ether oxygens (including phenoxy) is 1. The highest BCUT2D eigenvalue weighted by Crippen LogP contribution is 2.45. The summed E-state index contributed by atoms with van der Waals surface area (Å²) in [7, 11) is 0. The van der Waals surface area contributed by atoms with Crippen LogP contribution in [0.25, 0.3) is 0 Å². The third kappa shape index (κ3) is 3.15. The summed E-state index contributed by atoms with van der Waals surface area (Å²) in [5.74, 6) is -2.87. The molecule has 0 saturated carbocycles. The molecule has 2 rings (SSSR count). The van der Waals surface area contributed by atoms with Gasteiger partial charge in [-0.3, -0.25) is 19.3 Å². The van der Waals surface area contributed by atoms with Crippen molar-refractivity contribution in [2.75, 3.05) is 0 Å². The summed E-state index contributed by atoms with van der Waals surface area (Å²) in [5.41, 5.74) is -0.314. The molecule has 24 heavy (non-hydrogen) atoms. The van der Waals surface area contributed by atoms with Gasteiger partial charge in [0.25, 0.3) is 6.47 Å². The van der Waals surface area contributed by atoms with Crippen molar-refractivity contribution in [3.05, 3.63) is 22.2 Å². The zero-order chi connectivity index (χ0) is 18.0. The number of β-lactam (4-membered cyclic amide) rings is 1. The summed E-state index contributed by atoms with van der Waals surface area (Å²) in [5, 5.41) is 12.8. The molecule has 0 aromatic heterocycles. The number of carbonyl (C=O) groups excluding carboxylic acids is 3. The number of hydrogen-bond acceptors (Lipinski definition) is 6. The van der Waals surface area contributed by atoms with Gasteiger partial charge < -0.3 is 19.7 Å². The van der Waals surface area contributed by atoms with E-state index in [4.69, 9.17) is 4.74 Å². The van der Waals surface area contributed by atoms with E-state index in [1.165, 1.54) is 6.92 Å². The zero-order valence-electron chi connectivity index (χ0n) is 12.9. The highest BCUT2D eigenvalue weighted by molar-refractivity contribution is 7.98. The fourth-order valence-corrected chi connectivity index (χ4v) is 3.93. The molecule has 0 spiro atoms. The Kier molecular flexibility index (Phi) is 5.30. The van der Waals surface area contributed by atoms with Crippen molar-refractivity contribution in [1.29, 1.82) is 0 Å². The Hall–Kier alpha value is -2.33. The third-order valence-electron chi connectivity index (χ3n) is 3.87. The number of rotatable bonds is 7. The topological polar surface area (TPSA) is 136 Å². The molecular formula is C14H16N2O7S. The molecule has 2 amide bonds. The Morgan fingerprint density at radius 3 is 2.75 bits per heavy atom. The predicted octanol–water partition coefficient (Wildman–Crippen LogP) is -0.569. The molecule has 0 aromatic rings. The predicted molar refractivity (Wildman–Crippen MR) is 81.1 cm³/mol. The number of carbonyl (C=O) groups is 4. The van der Waals surface area contributed by atoms with E-state index in [1.807, 2.05) is 0 Å². The first-order chi connectivity index (χ1) is 11.3. The molecule has 2 aliphatic heterocycles. The highest BCUT2D eigenvalue weighted by Gasteiger charge is 2.59. The number of carboxylic acid groups (broad SMARTS) is 1. The zero-order valence-corrected chi connectivity index (χ0v) is 13.7. The van der Waals surface area contributed by atoms with Gasteiger partial charge >= 0.3 is 5.97 Å². The van der Waals surface area contributed by atoms with Gasteiger partial charge in [-0.25, -0.2) is 4.79 Å². The van der Waals surface area contributed by atoms with Gasteiger partial charge in [-0.1, -0.05) is 0 Å². The second-order valence-electron chi connectivity index (χ2n) is 5.32. The molecule has 0 aromatic carbocycles. The molecule has 10 heteroatoms. The molecule has 1 saturated heterocycles.